The van der Waals surface area contributed by atoms with E-state index in [1.165, 1.54) is 5.69 Å². The van der Waals surface area contributed by atoms with E-state index in [1.807, 2.05) is 12.1 Å². The lowest BCUT2D eigenvalue weighted by Crippen LogP contribution is -2.34. The molecule has 1 saturated heterocycles. The van der Waals surface area contributed by atoms with Crippen molar-refractivity contribution >= 4 is 17.9 Å². The number of carbonyl (C=O) groups excluding carboxylic acids is 2. The van der Waals surface area contributed by atoms with Crippen molar-refractivity contribution < 1.29 is 24.5 Å². The highest BCUT2D eigenvalue weighted by atomic mass is 16.5. The van der Waals surface area contributed by atoms with Crippen LogP contribution in [0.3, 0.4) is 0 Å². The Hall–Kier alpha value is -3.82. The van der Waals surface area contributed by atoms with E-state index in [4.69, 9.17) is 4.74 Å². The summed E-state index contributed by atoms with van der Waals surface area (Å²) >= 11 is 0. The van der Waals surface area contributed by atoms with Gasteiger partial charge in [0.05, 0.1) is 24.9 Å². The van der Waals surface area contributed by atoms with Crippen LogP contribution >= 0.6 is 0 Å². The van der Waals surface area contributed by atoms with Crippen LogP contribution in [0.5, 0.6) is 5.75 Å². The van der Waals surface area contributed by atoms with Gasteiger partial charge in [-0.25, -0.2) is 9.97 Å². The topological polar surface area (TPSA) is 125 Å². The molecule has 9 nitrogen and oxygen atoms in total. The molecule has 3 N–H and O–H groups in total. The molecule has 2 heterocycles. The third kappa shape index (κ3) is 7.40. The average molecular weight is 533 g/mol. The van der Waals surface area contributed by atoms with Gasteiger partial charge in [0.25, 0.3) is 5.91 Å². The first kappa shape index (κ1) is 28.2. The second-order valence-corrected chi connectivity index (χ2v) is 9.99. The normalized spacial score (nSPS) is 14.7. The number of nitrogens with one attached hydrogen (secondary N) is 1. The Labute approximate surface area is 228 Å². The van der Waals surface area contributed by atoms with Gasteiger partial charge in [0.2, 0.25) is 0 Å². The Morgan fingerprint density at radius 2 is 1.74 bits per heavy atom. The maximum atomic E-state index is 12.3. The highest BCUT2D eigenvalue weighted by Crippen LogP contribution is 2.29. The van der Waals surface area contributed by atoms with Gasteiger partial charge in [-0.15, -0.1) is 0 Å². The molecule has 0 unspecified atom stereocenters. The number of aliphatic hydroxyl groups is 1. The lowest BCUT2D eigenvalue weighted by molar-refractivity contribution is -0.107. The number of aromatic nitrogens is 2. The lowest BCUT2D eigenvalue weighted by Gasteiger charge is -2.33. The van der Waals surface area contributed by atoms with E-state index in [2.05, 4.69) is 56.6 Å². The van der Waals surface area contributed by atoms with Crippen LogP contribution in [0.1, 0.15) is 40.4 Å². The van der Waals surface area contributed by atoms with Crippen LogP contribution in [0.25, 0.3) is 11.1 Å². The predicted octanol–water partition coefficient (Wildman–Crippen LogP) is 3.10. The third-order valence-electron chi connectivity index (χ3n) is 7.10. The van der Waals surface area contributed by atoms with E-state index in [0.29, 0.717) is 43.2 Å². The molecule has 0 bridgehead atoms. The Morgan fingerprint density at radius 1 is 1.10 bits per heavy atom. The van der Waals surface area contributed by atoms with Crippen molar-refractivity contribution in [1.29, 1.82) is 0 Å². The molecule has 4 rings (SSSR count). The number of hydrogen-bond acceptors (Lipinski definition) is 8. The van der Waals surface area contributed by atoms with Crippen LogP contribution in [0.2, 0.25) is 0 Å². The molecule has 1 aromatic heterocycles. The third-order valence-corrected chi connectivity index (χ3v) is 7.10. The number of aromatic hydroxyl groups is 1. The largest absolute Gasteiger partial charge is 0.504 e. The zero-order chi connectivity index (χ0) is 27.8. The molecular formula is C30H36N4O5. The van der Waals surface area contributed by atoms with Gasteiger partial charge in [-0.2, -0.15) is 0 Å². The highest BCUT2D eigenvalue weighted by Gasteiger charge is 2.23. The van der Waals surface area contributed by atoms with Crippen molar-refractivity contribution in [3.8, 4) is 16.9 Å². The van der Waals surface area contributed by atoms with Crippen molar-refractivity contribution in [3.63, 3.8) is 0 Å². The van der Waals surface area contributed by atoms with Crippen LogP contribution in [-0.2, 0) is 22.4 Å². The smallest absolute Gasteiger partial charge is 0.274 e. The maximum absolute atomic E-state index is 12.3. The van der Waals surface area contributed by atoms with Gasteiger partial charge < -0.3 is 30.0 Å². The van der Waals surface area contributed by atoms with Gasteiger partial charge >= 0.3 is 0 Å². The fraction of sp³-hybridized carbons (Fsp3) is 0.400. The number of piperidine rings is 1. The van der Waals surface area contributed by atoms with Gasteiger partial charge in [-0.05, 0) is 54.5 Å². The Morgan fingerprint density at radius 3 is 2.36 bits per heavy atom. The SMILES string of the molecule is COC[C@@H](O)Cc1ccc(-c2ccc(N3CCC(Cc4nc(C)c(O)c(C(=O)NCC=O)n4)CC3)cc2)cc1. The highest BCUT2D eigenvalue weighted by molar-refractivity contribution is 5.95. The molecule has 0 radical (unpaired) electrons. The van der Waals surface area contributed by atoms with E-state index in [0.717, 1.165) is 42.6 Å². The Bertz CT molecular complexity index is 1260. The quantitative estimate of drug-likeness (QED) is 0.322. The fourth-order valence-corrected chi connectivity index (χ4v) is 4.97. The number of carbonyl (C=O) groups is 2. The lowest BCUT2D eigenvalue weighted by atomic mass is 9.92. The molecule has 1 fully saturated rings. The van der Waals surface area contributed by atoms with E-state index in [1.54, 1.807) is 14.0 Å². The molecule has 1 aliphatic heterocycles. The first-order chi connectivity index (χ1) is 18.9. The monoisotopic (exact) mass is 532 g/mol. The minimum absolute atomic E-state index is 0.0878. The van der Waals surface area contributed by atoms with Gasteiger partial charge in [-0.1, -0.05) is 36.4 Å². The maximum Gasteiger partial charge on any atom is 0.274 e. The Kier molecular flexibility index (Phi) is 9.62. The van der Waals surface area contributed by atoms with E-state index >= 15 is 0 Å². The first-order valence-electron chi connectivity index (χ1n) is 13.3. The standard InChI is InChI=1S/C30H36N4O5/c1-20-29(37)28(30(38)31-13-16-35)33-27(32-20)18-22-11-14-34(15-12-22)25-9-7-24(8-10-25)23-5-3-21(4-6-23)17-26(36)19-39-2/h3-10,16,22,26,36-37H,11-15,17-19H2,1-2H3,(H,31,38)/t26-/m0/s1. The van der Waals surface area contributed by atoms with E-state index in [9.17, 15) is 19.8 Å². The average Bonchev–Trinajstić information content (AvgIpc) is 2.94. The van der Waals surface area contributed by atoms with Crippen molar-refractivity contribution in [2.75, 3.05) is 38.3 Å². The number of anilines is 1. The van der Waals surface area contributed by atoms with Crippen LogP contribution in [0.15, 0.2) is 48.5 Å². The number of methoxy groups -OCH3 is 1. The summed E-state index contributed by atoms with van der Waals surface area (Å²) in [6.45, 7) is 3.65. The summed E-state index contributed by atoms with van der Waals surface area (Å²) < 4.78 is 5.00. The van der Waals surface area contributed by atoms with E-state index < -0.39 is 12.0 Å². The molecule has 39 heavy (non-hydrogen) atoms. The van der Waals surface area contributed by atoms with E-state index in [-0.39, 0.29) is 18.0 Å². The zero-order valence-corrected chi connectivity index (χ0v) is 22.5. The van der Waals surface area contributed by atoms with Gasteiger partial charge in [0, 0.05) is 38.7 Å². The molecule has 3 aromatic rings. The van der Waals surface area contributed by atoms with Crippen LogP contribution < -0.4 is 10.2 Å². The molecule has 9 heteroatoms. The number of rotatable bonds is 11. The molecule has 0 spiro atoms. The summed E-state index contributed by atoms with van der Waals surface area (Å²) in [6, 6.07) is 16.9. The van der Waals surface area contributed by atoms with Gasteiger partial charge in [0.15, 0.2) is 11.4 Å². The van der Waals surface area contributed by atoms with Crippen LogP contribution in [-0.4, -0.2) is 71.8 Å². The molecule has 0 saturated carbocycles. The summed E-state index contributed by atoms with van der Waals surface area (Å²) in [4.78, 5) is 33.9. The second kappa shape index (κ2) is 13.3. The molecule has 206 valence electrons. The minimum atomic E-state index is -0.582. The number of aliphatic hydroxyl groups excluding tert-OH is 1. The van der Waals surface area contributed by atoms with Crippen molar-refractivity contribution in [1.82, 2.24) is 15.3 Å². The molecule has 1 atom stereocenters. The van der Waals surface area contributed by atoms with Crippen molar-refractivity contribution in [2.24, 2.45) is 5.92 Å². The number of aldehydes is 1. The second-order valence-electron chi connectivity index (χ2n) is 9.99. The summed E-state index contributed by atoms with van der Waals surface area (Å²) in [5.41, 5.74) is 4.80. The number of aryl methyl sites for hydroxylation is 1. The van der Waals surface area contributed by atoms with Crippen molar-refractivity contribution in [2.45, 2.75) is 38.7 Å². The summed E-state index contributed by atoms with van der Waals surface area (Å²) in [5, 5.41) is 22.6. The molecular weight excluding hydrogens is 496 g/mol. The van der Waals surface area contributed by atoms with Crippen LogP contribution in [0, 0.1) is 12.8 Å². The van der Waals surface area contributed by atoms with Crippen molar-refractivity contribution in [3.05, 3.63) is 71.3 Å². The molecule has 2 aromatic carbocycles. The fourth-order valence-electron chi connectivity index (χ4n) is 4.97. The Balaban J connectivity index is 1.32. The zero-order valence-electron chi connectivity index (χ0n) is 22.5. The van der Waals surface area contributed by atoms with Crippen LogP contribution in [0.4, 0.5) is 5.69 Å². The number of nitrogens with zero attached hydrogens (tertiary/aromatic N) is 3. The first-order valence-corrected chi connectivity index (χ1v) is 13.3. The number of benzene rings is 2. The van der Waals surface area contributed by atoms with Gasteiger partial charge in [0.1, 0.15) is 12.1 Å². The predicted molar refractivity (Wildman–Crippen MR) is 149 cm³/mol. The molecule has 1 amide bonds. The number of amides is 1. The summed E-state index contributed by atoms with van der Waals surface area (Å²) in [7, 11) is 1.59. The molecule has 0 aliphatic carbocycles. The minimum Gasteiger partial charge on any atom is -0.504 e. The van der Waals surface area contributed by atoms with Gasteiger partial charge in [-0.3, -0.25) is 4.79 Å². The summed E-state index contributed by atoms with van der Waals surface area (Å²) in [5.74, 6) is 0.0681. The number of ether oxygens (including phenoxy) is 1. The summed E-state index contributed by atoms with van der Waals surface area (Å²) in [6.07, 6.45) is 3.21. The molecule has 1 aliphatic rings. The number of hydrogen-bond donors (Lipinski definition) is 3.